The van der Waals surface area contributed by atoms with Crippen LogP contribution in [0.25, 0.3) is 0 Å². The Morgan fingerprint density at radius 3 is 2.00 bits per heavy atom. The van der Waals surface area contributed by atoms with Crippen LogP contribution in [0.2, 0.25) is 0 Å². The average Bonchev–Trinajstić information content (AvgIpc) is 2.42. The third-order valence-corrected chi connectivity index (χ3v) is 2.67. The topological polar surface area (TPSA) is 114 Å². The van der Waals surface area contributed by atoms with Crippen molar-refractivity contribution in [1.82, 2.24) is 0 Å². The fraction of sp³-hybridized carbons (Fsp3) is 0.571. The monoisotopic (exact) mass is 348 g/mol. The van der Waals surface area contributed by atoms with Crippen molar-refractivity contribution < 1.29 is 47.3 Å². The van der Waals surface area contributed by atoms with Crippen LogP contribution in [-0.4, -0.2) is 48.8 Å². The summed E-state index contributed by atoms with van der Waals surface area (Å²) in [5.74, 6) is -3.97. The lowest BCUT2D eigenvalue weighted by Gasteiger charge is -2.35. The molecular formula is C14H17FO9. The van der Waals surface area contributed by atoms with E-state index in [4.69, 9.17) is 18.9 Å². The molecule has 0 bridgehead atoms. The van der Waals surface area contributed by atoms with Crippen LogP contribution in [0.3, 0.4) is 0 Å². The zero-order chi connectivity index (χ0) is 18.4. The number of esters is 4. The molecular weight excluding hydrogens is 331 g/mol. The van der Waals surface area contributed by atoms with E-state index in [0.29, 0.717) is 0 Å². The SMILES string of the molecule is CC(=O)OCC1OC(F)=C(OC(C)=O)C(OC(C)=O)[C@@H]1OC(C)=O. The van der Waals surface area contributed by atoms with Gasteiger partial charge in [0.05, 0.1) is 0 Å². The van der Waals surface area contributed by atoms with Gasteiger partial charge in [-0.05, 0) is 0 Å². The number of carbonyl (C=O) groups is 4. The molecule has 1 aliphatic heterocycles. The summed E-state index contributed by atoms with van der Waals surface area (Å²) in [6.07, 6.45) is -4.27. The van der Waals surface area contributed by atoms with Gasteiger partial charge in [0.15, 0.2) is 12.2 Å². The number of rotatable bonds is 5. The summed E-state index contributed by atoms with van der Waals surface area (Å²) in [7, 11) is 0. The standard InChI is InChI=1S/C14H17FO9/c1-6(16)20-5-10-11(21-7(2)17)12(22-8(3)18)13(14(15)24-10)23-9(4)19/h10-12H,5H2,1-4H3/t10?,11-,12?/m1/s1. The molecule has 10 heteroatoms. The van der Waals surface area contributed by atoms with Crippen molar-refractivity contribution in [3.8, 4) is 0 Å². The highest BCUT2D eigenvalue weighted by Gasteiger charge is 2.47. The minimum absolute atomic E-state index is 0.480. The minimum Gasteiger partial charge on any atom is -0.462 e. The molecule has 1 aliphatic rings. The first kappa shape index (κ1) is 19.4. The summed E-state index contributed by atoms with van der Waals surface area (Å²) in [6.45, 7) is 3.73. The van der Waals surface area contributed by atoms with Gasteiger partial charge in [0, 0.05) is 27.7 Å². The molecule has 0 saturated carbocycles. The van der Waals surface area contributed by atoms with Crippen molar-refractivity contribution in [2.75, 3.05) is 6.61 Å². The molecule has 134 valence electrons. The van der Waals surface area contributed by atoms with E-state index < -0.39 is 60.6 Å². The second kappa shape index (κ2) is 8.27. The maximum atomic E-state index is 14.1. The first-order valence-electron chi connectivity index (χ1n) is 6.84. The van der Waals surface area contributed by atoms with Gasteiger partial charge >= 0.3 is 29.9 Å². The molecule has 24 heavy (non-hydrogen) atoms. The Kier molecular flexibility index (Phi) is 6.69. The van der Waals surface area contributed by atoms with E-state index in [2.05, 4.69) is 4.74 Å². The zero-order valence-electron chi connectivity index (χ0n) is 13.5. The largest absolute Gasteiger partial charge is 0.462 e. The summed E-state index contributed by atoms with van der Waals surface area (Å²) >= 11 is 0. The highest BCUT2D eigenvalue weighted by atomic mass is 19.1. The van der Waals surface area contributed by atoms with Crippen molar-refractivity contribution in [2.24, 2.45) is 0 Å². The fourth-order valence-corrected chi connectivity index (χ4v) is 1.92. The third kappa shape index (κ3) is 5.52. The number of halogens is 1. The van der Waals surface area contributed by atoms with Gasteiger partial charge in [-0.15, -0.1) is 0 Å². The normalized spacial score (nSPS) is 23.0. The van der Waals surface area contributed by atoms with Gasteiger partial charge in [-0.2, -0.15) is 4.39 Å². The molecule has 0 amide bonds. The Balaban J connectivity index is 3.21. The molecule has 0 radical (unpaired) electrons. The number of carbonyl (C=O) groups excluding carboxylic acids is 4. The van der Waals surface area contributed by atoms with Crippen molar-refractivity contribution >= 4 is 23.9 Å². The summed E-state index contributed by atoms with van der Waals surface area (Å²) in [5, 5.41) is 0. The minimum atomic E-state index is -1.58. The Bertz CT molecular complexity index is 569. The summed E-state index contributed by atoms with van der Waals surface area (Å²) in [5.41, 5.74) is 0. The second-order valence-corrected chi connectivity index (χ2v) is 4.79. The lowest BCUT2D eigenvalue weighted by molar-refractivity contribution is -0.193. The molecule has 0 saturated heterocycles. The average molecular weight is 348 g/mol. The van der Waals surface area contributed by atoms with Gasteiger partial charge in [-0.25, -0.2) is 0 Å². The van der Waals surface area contributed by atoms with E-state index in [1.54, 1.807) is 0 Å². The predicted molar refractivity (Wildman–Crippen MR) is 72.5 cm³/mol. The van der Waals surface area contributed by atoms with E-state index in [9.17, 15) is 23.6 Å². The van der Waals surface area contributed by atoms with Crippen molar-refractivity contribution in [3.63, 3.8) is 0 Å². The van der Waals surface area contributed by atoms with Gasteiger partial charge < -0.3 is 23.7 Å². The Labute approximate surface area is 136 Å². The van der Waals surface area contributed by atoms with Crippen molar-refractivity contribution in [3.05, 3.63) is 11.8 Å². The summed E-state index contributed by atoms with van der Waals surface area (Å²) < 4.78 is 38.3. The lowest BCUT2D eigenvalue weighted by atomic mass is 10.0. The molecule has 0 aromatic heterocycles. The Morgan fingerprint density at radius 1 is 0.958 bits per heavy atom. The van der Waals surface area contributed by atoms with Crippen molar-refractivity contribution in [2.45, 2.75) is 46.0 Å². The van der Waals surface area contributed by atoms with Gasteiger partial charge in [-0.1, -0.05) is 0 Å². The van der Waals surface area contributed by atoms with Crippen LogP contribution < -0.4 is 0 Å². The summed E-state index contributed by atoms with van der Waals surface area (Å²) in [6, 6.07) is -1.35. The summed E-state index contributed by atoms with van der Waals surface area (Å²) in [4.78, 5) is 44.6. The zero-order valence-corrected chi connectivity index (χ0v) is 13.5. The maximum Gasteiger partial charge on any atom is 0.316 e. The molecule has 0 fully saturated rings. The molecule has 1 rings (SSSR count). The van der Waals surface area contributed by atoms with E-state index in [0.717, 1.165) is 27.7 Å². The second-order valence-electron chi connectivity index (χ2n) is 4.79. The molecule has 2 unspecified atom stereocenters. The number of hydrogen-bond acceptors (Lipinski definition) is 9. The molecule has 0 aromatic rings. The molecule has 3 atom stereocenters. The van der Waals surface area contributed by atoms with Gasteiger partial charge in [0.2, 0.25) is 11.9 Å². The van der Waals surface area contributed by atoms with Crippen LogP contribution in [0.15, 0.2) is 11.8 Å². The molecule has 0 N–H and O–H groups in total. The first-order chi connectivity index (χ1) is 11.1. The molecule has 0 aromatic carbocycles. The Morgan fingerprint density at radius 2 is 1.54 bits per heavy atom. The first-order valence-corrected chi connectivity index (χ1v) is 6.84. The van der Waals surface area contributed by atoms with E-state index in [1.165, 1.54) is 0 Å². The molecule has 0 spiro atoms. The smallest absolute Gasteiger partial charge is 0.316 e. The van der Waals surface area contributed by atoms with Gasteiger partial charge in [0.1, 0.15) is 6.61 Å². The number of ether oxygens (including phenoxy) is 5. The third-order valence-electron chi connectivity index (χ3n) is 2.67. The Hall–Kier alpha value is -2.65. The van der Waals surface area contributed by atoms with Crippen LogP contribution in [0, 0.1) is 0 Å². The van der Waals surface area contributed by atoms with Crippen LogP contribution in [0.1, 0.15) is 27.7 Å². The quantitative estimate of drug-likeness (QED) is 0.518. The van der Waals surface area contributed by atoms with Crippen LogP contribution in [0.4, 0.5) is 4.39 Å². The van der Waals surface area contributed by atoms with E-state index in [1.807, 2.05) is 0 Å². The molecule has 0 aliphatic carbocycles. The highest BCUT2D eigenvalue weighted by molar-refractivity contribution is 5.69. The van der Waals surface area contributed by atoms with Gasteiger partial charge in [-0.3, -0.25) is 19.2 Å². The molecule has 9 nitrogen and oxygen atoms in total. The molecule has 1 heterocycles. The van der Waals surface area contributed by atoms with Crippen molar-refractivity contribution in [1.29, 1.82) is 0 Å². The number of hydrogen-bond donors (Lipinski definition) is 0. The van der Waals surface area contributed by atoms with Crippen LogP contribution >= 0.6 is 0 Å². The van der Waals surface area contributed by atoms with Crippen LogP contribution in [0.5, 0.6) is 0 Å². The maximum absolute atomic E-state index is 14.1. The predicted octanol–water partition coefficient (Wildman–Crippen LogP) is 0.513. The lowest BCUT2D eigenvalue weighted by Crippen LogP contribution is -2.51. The van der Waals surface area contributed by atoms with E-state index in [-0.39, 0.29) is 0 Å². The highest BCUT2D eigenvalue weighted by Crippen LogP contribution is 2.31. The van der Waals surface area contributed by atoms with Gasteiger partial charge in [0.25, 0.3) is 0 Å². The van der Waals surface area contributed by atoms with Crippen LogP contribution in [-0.2, 0) is 42.9 Å². The fourth-order valence-electron chi connectivity index (χ4n) is 1.92. The van der Waals surface area contributed by atoms with E-state index >= 15 is 0 Å².